The predicted molar refractivity (Wildman–Crippen MR) is 51.0 cm³/mol. The van der Waals surface area contributed by atoms with Crippen LogP contribution in [0.3, 0.4) is 0 Å². The Balaban J connectivity index is 3.12. The van der Waals surface area contributed by atoms with Crippen molar-refractivity contribution in [3.05, 3.63) is 34.2 Å². The highest BCUT2D eigenvalue weighted by Gasteiger charge is 2.03. The summed E-state index contributed by atoms with van der Waals surface area (Å²) in [6.45, 7) is 4.06. The molecule has 0 spiro atoms. The Morgan fingerprint density at radius 2 is 2.15 bits per heavy atom. The quantitative estimate of drug-likeness (QED) is 0.419. The van der Waals surface area contributed by atoms with Crippen LogP contribution in [0.1, 0.15) is 25.3 Å². The molecule has 13 heavy (non-hydrogen) atoms. The van der Waals surface area contributed by atoms with Crippen LogP contribution >= 0.6 is 0 Å². The molecule has 1 aromatic rings. The van der Waals surface area contributed by atoms with Gasteiger partial charge in [-0.3, -0.25) is 0 Å². The number of phenols is 1. The van der Waals surface area contributed by atoms with Crippen molar-refractivity contribution in [1.29, 1.82) is 0 Å². The Bertz CT molecular complexity index is 354. The zero-order chi connectivity index (χ0) is 9.84. The maximum absolute atomic E-state index is 9.41. The second-order valence-electron chi connectivity index (χ2n) is 3.09. The van der Waals surface area contributed by atoms with Gasteiger partial charge in [0.05, 0.1) is 5.69 Å². The average Bonchev–Trinajstić information content (AvgIpc) is 2.08. The fourth-order valence-electron chi connectivity index (χ4n) is 1.03. The summed E-state index contributed by atoms with van der Waals surface area (Å²) < 4.78 is 0. The Hall–Kier alpha value is -1.67. The van der Waals surface area contributed by atoms with E-state index < -0.39 is 0 Å². The molecule has 0 aliphatic carbocycles. The minimum atomic E-state index is 0.0315. The van der Waals surface area contributed by atoms with Gasteiger partial charge < -0.3 is 5.11 Å². The zero-order valence-corrected chi connectivity index (χ0v) is 7.60. The summed E-state index contributed by atoms with van der Waals surface area (Å²) in [5.74, 6) is 0.384. The molecule has 0 radical (unpaired) electrons. The summed E-state index contributed by atoms with van der Waals surface area (Å²) in [6, 6.07) is 5.08. The molecule has 68 valence electrons. The Kier molecular flexibility index (Phi) is 2.77. The van der Waals surface area contributed by atoms with Crippen molar-refractivity contribution in [3.63, 3.8) is 0 Å². The number of hydrogen-bond acceptors (Lipinski definition) is 2. The molecule has 0 amide bonds. The van der Waals surface area contributed by atoms with Gasteiger partial charge >= 0.3 is 0 Å². The van der Waals surface area contributed by atoms with Crippen LogP contribution in [0.4, 0.5) is 5.69 Å². The molecule has 0 fully saturated rings. The number of azide groups is 1. The minimum Gasteiger partial charge on any atom is -0.507 e. The van der Waals surface area contributed by atoms with Crippen molar-refractivity contribution in [2.45, 2.75) is 19.8 Å². The van der Waals surface area contributed by atoms with Gasteiger partial charge in [-0.15, -0.1) is 0 Å². The number of benzene rings is 1. The van der Waals surface area contributed by atoms with Gasteiger partial charge in [-0.2, -0.15) is 0 Å². The molecule has 4 heteroatoms. The Morgan fingerprint density at radius 1 is 1.46 bits per heavy atom. The predicted octanol–water partition coefficient (Wildman–Crippen LogP) is 3.46. The lowest BCUT2D eigenvalue weighted by Gasteiger charge is -2.06. The van der Waals surface area contributed by atoms with Crippen LogP contribution in [-0.4, -0.2) is 5.11 Å². The first-order valence-corrected chi connectivity index (χ1v) is 4.03. The molecule has 4 nitrogen and oxygen atoms in total. The normalized spacial score (nSPS) is 9.77. The van der Waals surface area contributed by atoms with Crippen LogP contribution in [0.5, 0.6) is 5.75 Å². The van der Waals surface area contributed by atoms with E-state index in [0.717, 1.165) is 5.56 Å². The smallest absolute Gasteiger partial charge is 0.125 e. The van der Waals surface area contributed by atoms with Gasteiger partial charge in [0.25, 0.3) is 0 Å². The lowest BCUT2D eigenvalue weighted by Crippen LogP contribution is -1.85. The SMILES string of the molecule is CC(C)c1ccc(N=[N+]=[N-])c(O)c1. The van der Waals surface area contributed by atoms with Gasteiger partial charge in [0.1, 0.15) is 5.75 Å². The van der Waals surface area contributed by atoms with Crippen LogP contribution in [0, 0.1) is 0 Å². The fourth-order valence-corrected chi connectivity index (χ4v) is 1.03. The lowest BCUT2D eigenvalue weighted by molar-refractivity contribution is 0.475. The lowest BCUT2D eigenvalue weighted by atomic mass is 10.0. The van der Waals surface area contributed by atoms with Crippen LogP contribution in [0.2, 0.25) is 0 Å². The van der Waals surface area contributed by atoms with Crippen molar-refractivity contribution in [2.75, 3.05) is 0 Å². The highest BCUT2D eigenvalue weighted by molar-refractivity contribution is 5.52. The minimum absolute atomic E-state index is 0.0315. The van der Waals surface area contributed by atoms with Gasteiger partial charge in [-0.25, -0.2) is 0 Å². The van der Waals surface area contributed by atoms with E-state index in [1.165, 1.54) is 0 Å². The van der Waals surface area contributed by atoms with Gasteiger partial charge in [-0.1, -0.05) is 25.0 Å². The topological polar surface area (TPSA) is 69.0 Å². The molecular formula is C9H11N3O. The van der Waals surface area contributed by atoms with E-state index in [1.807, 2.05) is 19.9 Å². The van der Waals surface area contributed by atoms with Crippen molar-refractivity contribution in [3.8, 4) is 5.75 Å². The molecule has 1 rings (SSSR count). The van der Waals surface area contributed by atoms with E-state index in [-0.39, 0.29) is 11.4 Å². The number of phenolic OH excluding ortho intramolecular Hbond substituents is 1. The third kappa shape index (κ3) is 2.13. The number of aromatic hydroxyl groups is 1. The van der Waals surface area contributed by atoms with Crippen molar-refractivity contribution < 1.29 is 5.11 Å². The summed E-state index contributed by atoms with van der Waals surface area (Å²) in [7, 11) is 0. The maximum atomic E-state index is 9.41. The molecule has 0 saturated heterocycles. The van der Waals surface area contributed by atoms with E-state index in [9.17, 15) is 5.11 Å². The van der Waals surface area contributed by atoms with Gasteiger partial charge in [-0.05, 0) is 29.1 Å². The summed E-state index contributed by atoms with van der Waals surface area (Å²) in [6.07, 6.45) is 0. The Morgan fingerprint density at radius 3 is 2.62 bits per heavy atom. The summed E-state index contributed by atoms with van der Waals surface area (Å²) in [4.78, 5) is 2.61. The van der Waals surface area contributed by atoms with Gasteiger partial charge in [0.15, 0.2) is 0 Å². The molecule has 0 heterocycles. The molecule has 0 bridgehead atoms. The van der Waals surface area contributed by atoms with Crippen LogP contribution in [0.25, 0.3) is 10.4 Å². The zero-order valence-electron chi connectivity index (χ0n) is 7.60. The molecule has 0 atom stereocenters. The average molecular weight is 177 g/mol. The number of nitrogens with zero attached hydrogens (tertiary/aromatic N) is 3. The van der Waals surface area contributed by atoms with E-state index in [4.69, 9.17) is 5.53 Å². The summed E-state index contributed by atoms with van der Waals surface area (Å²) in [5.41, 5.74) is 9.46. The van der Waals surface area contributed by atoms with Crippen molar-refractivity contribution >= 4 is 5.69 Å². The molecule has 1 N–H and O–H groups in total. The Labute approximate surface area is 76.5 Å². The molecule has 0 saturated carbocycles. The van der Waals surface area contributed by atoms with Crippen LogP contribution in [0.15, 0.2) is 23.3 Å². The summed E-state index contributed by atoms with van der Waals surface area (Å²) >= 11 is 0. The fraction of sp³-hybridized carbons (Fsp3) is 0.333. The van der Waals surface area contributed by atoms with E-state index >= 15 is 0 Å². The number of rotatable bonds is 2. The first kappa shape index (κ1) is 9.42. The highest BCUT2D eigenvalue weighted by Crippen LogP contribution is 2.29. The number of hydrogen-bond donors (Lipinski definition) is 1. The molecular weight excluding hydrogens is 166 g/mol. The van der Waals surface area contributed by atoms with E-state index in [2.05, 4.69) is 10.0 Å². The largest absolute Gasteiger partial charge is 0.507 e. The maximum Gasteiger partial charge on any atom is 0.125 e. The molecule has 0 aliphatic heterocycles. The van der Waals surface area contributed by atoms with Crippen LogP contribution < -0.4 is 0 Å². The van der Waals surface area contributed by atoms with Crippen LogP contribution in [-0.2, 0) is 0 Å². The third-order valence-corrected chi connectivity index (χ3v) is 1.82. The van der Waals surface area contributed by atoms with Gasteiger partial charge in [0, 0.05) is 4.91 Å². The molecule has 0 aromatic heterocycles. The first-order valence-electron chi connectivity index (χ1n) is 4.03. The van der Waals surface area contributed by atoms with Crippen molar-refractivity contribution in [2.24, 2.45) is 5.11 Å². The monoisotopic (exact) mass is 177 g/mol. The second-order valence-corrected chi connectivity index (χ2v) is 3.09. The first-order chi connectivity index (χ1) is 6.15. The van der Waals surface area contributed by atoms with E-state index in [0.29, 0.717) is 5.92 Å². The highest BCUT2D eigenvalue weighted by atomic mass is 16.3. The standard InChI is InChI=1S/C9H11N3O/c1-6(2)7-3-4-8(11-12-10)9(13)5-7/h3-6,13H,1-2H3. The molecule has 0 unspecified atom stereocenters. The van der Waals surface area contributed by atoms with Gasteiger partial charge in [0.2, 0.25) is 0 Å². The van der Waals surface area contributed by atoms with E-state index in [1.54, 1.807) is 12.1 Å². The molecule has 1 aromatic carbocycles. The summed E-state index contributed by atoms with van der Waals surface area (Å²) in [5, 5.41) is 12.7. The van der Waals surface area contributed by atoms with Crippen molar-refractivity contribution in [1.82, 2.24) is 0 Å². The molecule has 0 aliphatic rings. The third-order valence-electron chi connectivity index (χ3n) is 1.82. The second kappa shape index (κ2) is 3.83.